The summed E-state index contributed by atoms with van der Waals surface area (Å²) >= 11 is 5.48. The topological polar surface area (TPSA) is 36.7 Å². The fourth-order valence-electron chi connectivity index (χ4n) is 1.08. The Bertz CT molecular complexity index is 401. The van der Waals surface area contributed by atoms with Crippen molar-refractivity contribution in [2.45, 2.75) is 18.7 Å². The molecule has 0 atom stereocenters. The molecule has 0 fully saturated rings. The molecule has 0 aromatic carbocycles. The molecule has 0 bridgehead atoms. The molecule has 0 N–H and O–H groups in total. The van der Waals surface area contributed by atoms with Gasteiger partial charge >= 0.3 is 0 Å². The van der Waals surface area contributed by atoms with Gasteiger partial charge < -0.3 is 0 Å². The van der Waals surface area contributed by atoms with Crippen LogP contribution in [0.1, 0.15) is 23.2 Å². The van der Waals surface area contributed by atoms with Crippen molar-refractivity contribution >= 4 is 11.6 Å². The average Bonchev–Trinajstić information content (AvgIpc) is 2.18. The van der Waals surface area contributed by atoms with Crippen molar-refractivity contribution in [3.8, 4) is 6.07 Å². The number of nitrogens with zero attached hydrogens (tertiary/aromatic N) is 2. The van der Waals surface area contributed by atoms with Crippen LogP contribution in [0, 0.1) is 17.3 Å². The second-order valence-corrected chi connectivity index (χ2v) is 3.01. The summed E-state index contributed by atoms with van der Waals surface area (Å²) < 4.78 is 37.5. The highest BCUT2D eigenvalue weighted by atomic mass is 35.5. The van der Waals surface area contributed by atoms with Gasteiger partial charge in [0.2, 0.25) is 5.95 Å². The van der Waals surface area contributed by atoms with E-state index in [1.807, 2.05) is 0 Å². The van der Waals surface area contributed by atoms with E-state index in [1.165, 1.54) is 0 Å². The molecule has 80 valence electrons. The van der Waals surface area contributed by atoms with Crippen molar-refractivity contribution in [2.75, 3.05) is 0 Å². The van der Waals surface area contributed by atoms with E-state index in [0.29, 0.717) is 0 Å². The lowest BCUT2D eigenvalue weighted by Gasteiger charge is -2.07. The number of rotatable bonds is 3. The van der Waals surface area contributed by atoms with Gasteiger partial charge in [0.15, 0.2) is 0 Å². The summed E-state index contributed by atoms with van der Waals surface area (Å²) in [6.07, 6.45) is -3.08. The largest absolute Gasteiger partial charge is 0.268 e. The van der Waals surface area contributed by atoms with Crippen LogP contribution in [0.3, 0.4) is 0 Å². The minimum absolute atomic E-state index is 0.0794. The maximum atomic E-state index is 13.0. The van der Waals surface area contributed by atoms with Crippen molar-refractivity contribution in [3.63, 3.8) is 0 Å². The molecule has 0 aliphatic carbocycles. The van der Waals surface area contributed by atoms with Crippen molar-refractivity contribution in [1.82, 2.24) is 4.98 Å². The molecule has 1 aromatic heterocycles. The second-order valence-electron chi connectivity index (χ2n) is 2.74. The second kappa shape index (κ2) is 4.99. The van der Waals surface area contributed by atoms with Crippen molar-refractivity contribution in [1.29, 1.82) is 5.26 Å². The Hall–Kier alpha value is -1.28. The Labute approximate surface area is 89.3 Å². The molecule has 2 nitrogen and oxygen atoms in total. The maximum Gasteiger partial charge on any atom is 0.268 e. The molecular formula is C9H6ClF3N2. The van der Waals surface area contributed by atoms with Crippen molar-refractivity contribution in [3.05, 3.63) is 28.8 Å². The van der Waals surface area contributed by atoms with E-state index in [-0.39, 0.29) is 23.6 Å². The summed E-state index contributed by atoms with van der Waals surface area (Å²) in [5, 5.41) is 8.41. The lowest BCUT2D eigenvalue weighted by atomic mass is 10.1. The van der Waals surface area contributed by atoms with E-state index >= 15 is 0 Å². The molecule has 1 heterocycles. The zero-order valence-corrected chi connectivity index (χ0v) is 8.23. The van der Waals surface area contributed by atoms with E-state index in [0.717, 1.165) is 6.07 Å². The Morgan fingerprint density at radius 1 is 1.53 bits per heavy atom. The Balaban J connectivity index is 3.24. The Kier molecular flexibility index (Phi) is 3.92. The number of pyridine rings is 1. The van der Waals surface area contributed by atoms with Crippen LogP contribution in [0.5, 0.6) is 0 Å². The van der Waals surface area contributed by atoms with Gasteiger partial charge in [-0.3, -0.25) is 0 Å². The highest BCUT2D eigenvalue weighted by Crippen LogP contribution is 2.24. The van der Waals surface area contributed by atoms with Gasteiger partial charge in [0, 0.05) is 5.88 Å². The predicted molar refractivity (Wildman–Crippen MR) is 48.0 cm³/mol. The summed E-state index contributed by atoms with van der Waals surface area (Å²) in [5.41, 5.74) is -0.420. The standard InChI is InChI=1S/C9H6ClF3N2/c10-4-5-3-6(8(11)12)9(13)15-7(5)1-2-14/h3,8H,1,4H2. The van der Waals surface area contributed by atoms with Gasteiger partial charge in [0.05, 0.1) is 23.7 Å². The Morgan fingerprint density at radius 3 is 2.67 bits per heavy atom. The van der Waals surface area contributed by atoms with Crippen molar-refractivity contribution in [2.24, 2.45) is 0 Å². The van der Waals surface area contributed by atoms with E-state index in [1.54, 1.807) is 6.07 Å². The summed E-state index contributed by atoms with van der Waals surface area (Å²) in [7, 11) is 0. The third-order valence-corrected chi connectivity index (χ3v) is 2.09. The van der Waals surface area contributed by atoms with Gasteiger partial charge in [-0.25, -0.2) is 13.8 Å². The van der Waals surface area contributed by atoms with Crippen LogP contribution >= 0.6 is 11.6 Å². The third-order valence-electron chi connectivity index (χ3n) is 1.80. The fourth-order valence-corrected chi connectivity index (χ4v) is 1.31. The minimum Gasteiger partial charge on any atom is -0.223 e. The van der Waals surface area contributed by atoms with Gasteiger partial charge in [-0.05, 0) is 11.6 Å². The first-order chi connectivity index (χ1) is 7.10. The fraction of sp³-hybridized carbons (Fsp3) is 0.333. The van der Waals surface area contributed by atoms with Crippen LogP contribution in [-0.4, -0.2) is 4.98 Å². The number of alkyl halides is 3. The number of hydrogen-bond donors (Lipinski definition) is 0. The number of nitriles is 1. The Morgan fingerprint density at radius 2 is 2.20 bits per heavy atom. The van der Waals surface area contributed by atoms with Crippen molar-refractivity contribution < 1.29 is 13.2 Å². The summed E-state index contributed by atoms with van der Waals surface area (Å²) in [6.45, 7) is 0. The van der Waals surface area contributed by atoms with Gasteiger partial charge in [0.1, 0.15) is 0 Å². The third kappa shape index (κ3) is 2.60. The zero-order valence-electron chi connectivity index (χ0n) is 7.48. The van der Waals surface area contributed by atoms with E-state index in [2.05, 4.69) is 4.98 Å². The zero-order chi connectivity index (χ0) is 11.4. The van der Waals surface area contributed by atoms with Crippen LogP contribution in [0.15, 0.2) is 6.07 Å². The molecule has 0 aliphatic rings. The highest BCUT2D eigenvalue weighted by Gasteiger charge is 2.17. The summed E-state index contributed by atoms with van der Waals surface area (Å²) in [4.78, 5) is 3.30. The first-order valence-electron chi connectivity index (χ1n) is 3.99. The van der Waals surface area contributed by atoms with E-state index in [9.17, 15) is 13.2 Å². The van der Waals surface area contributed by atoms with Crippen LogP contribution in [0.4, 0.5) is 13.2 Å². The van der Waals surface area contributed by atoms with Gasteiger partial charge in [-0.2, -0.15) is 9.65 Å². The molecular weight excluding hydrogens is 229 g/mol. The monoisotopic (exact) mass is 234 g/mol. The SMILES string of the molecule is N#CCc1nc(F)c(C(F)F)cc1CCl. The van der Waals surface area contributed by atoms with Gasteiger partial charge in [-0.15, -0.1) is 11.6 Å². The molecule has 6 heteroatoms. The van der Waals surface area contributed by atoms with Crippen LogP contribution < -0.4 is 0 Å². The first-order valence-corrected chi connectivity index (χ1v) is 4.52. The highest BCUT2D eigenvalue weighted by molar-refractivity contribution is 6.17. The molecule has 1 rings (SSSR count). The molecule has 0 aliphatic heterocycles. The molecule has 0 spiro atoms. The average molecular weight is 235 g/mol. The molecule has 15 heavy (non-hydrogen) atoms. The lowest BCUT2D eigenvalue weighted by molar-refractivity contribution is 0.145. The normalized spacial score (nSPS) is 10.4. The molecule has 0 radical (unpaired) electrons. The van der Waals surface area contributed by atoms with Crippen LogP contribution in [-0.2, 0) is 12.3 Å². The van der Waals surface area contributed by atoms with Gasteiger partial charge in [-0.1, -0.05) is 0 Å². The van der Waals surface area contributed by atoms with E-state index < -0.39 is 17.9 Å². The molecule has 0 saturated carbocycles. The first kappa shape index (κ1) is 11.8. The minimum atomic E-state index is -2.93. The van der Waals surface area contributed by atoms with Crippen LogP contribution in [0.25, 0.3) is 0 Å². The predicted octanol–water partition coefficient (Wildman–Crippen LogP) is 2.96. The lowest BCUT2D eigenvalue weighted by Crippen LogP contribution is -2.03. The smallest absolute Gasteiger partial charge is 0.223 e. The quantitative estimate of drug-likeness (QED) is 0.596. The molecule has 0 saturated heterocycles. The van der Waals surface area contributed by atoms with Crippen LogP contribution in [0.2, 0.25) is 0 Å². The molecule has 1 aromatic rings. The number of aromatic nitrogens is 1. The summed E-state index contributed by atoms with van der Waals surface area (Å²) in [6, 6.07) is 2.71. The summed E-state index contributed by atoms with van der Waals surface area (Å²) in [5.74, 6) is -1.33. The number of hydrogen-bond acceptors (Lipinski definition) is 2. The van der Waals surface area contributed by atoms with Gasteiger partial charge in [0.25, 0.3) is 6.43 Å². The number of halogens is 4. The molecule has 0 amide bonds. The maximum absolute atomic E-state index is 13.0. The molecule has 0 unspecified atom stereocenters. The van der Waals surface area contributed by atoms with E-state index in [4.69, 9.17) is 16.9 Å².